The average Bonchev–Trinajstić information content (AvgIpc) is 2.73. The lowest BCUT2D eigenvalue weighted by Crippen LogP contribution is -2.30. The molecule has 1 heterocycles. The SMILES string of the molecule is CC1CCCN1CCC(N)c1ccc(Br)cc1. The summed E-state index contributed by atoms with van der Waals surface area (Å²) >= 11 is 3.45. The van der Waals surface area contributed by atoms with E-state index in [0.717, 1.165) is 23.5 Å². The van der Waals surface area contributed by atoms with Crippen molar-refractivity contribution < 1.29 is 0 Å². The molecule has 2 nitrogen and oxygen atoms in total. The average molecular weight is 297 g/mol. The molecule has 2 rings (SSSR count). The number of likely N-dealkylation sites (tertiary alicyclic amines) is 1. The van der Waals surface area contributed by atoms with Crippen molar-refractivity contribution in [1.29, 1.82) is 0 Å². The third-order valence-corrected chi connectivity index (χ3v) is 4.24. The van der Waals surface area contributed by atoms with Crippen LogP contribution in [0.5, 0.6) is 0 Å². The van der Waals surface area contributed by atoms with E-state index >= 15 is 0 Å². The molecule has 0 amide bonds. The highest BCUT2D eigenvalue weighted by molar-refractivity contribution is 9.10. The van der Waals surface area contributed by atoms with Gasteiger partial charge in [-0.15, -0.1) is 0 Å². The molecular formula is C14H21BrN2. The minimum Gasteiger partial charge on any atom is -0.324 e. The number of nitrogens with zero attached hydrogens (tertiary/aromatic N) is 1. The highest BCUT2D eigenvalue weighted by Gasteiger charge is 2.20. The number of halogens is 1. The topological polar surface area (TPSA) is 29.3 Å². The maximum Gasteiger partial charge on any atom is 0.0307 e. The Morgan fingerprint density at radius 2 is 2.12 bits per heavy atom. The molecule has 1 aliphatic heterocycles. The molecule has 1 fully saturated rings. The normalized spacial score (nSPS) is 22.9. The first-order valence-corrected chi connectivity index (χ1v) is 7.21. The Hall–Kier alpha value is -0.380. The van der Waals surface area contributed by atoms with Gasteiger partial charge >= 0.3 is 0 Å². The lowest BCUT2D eigenvalue weighted by atomic mass is 10.0. The molecule has 0 aliphatic carbocycles. The first kappa shape index (κ1) is 13.1. The van der Waals surface area contributed by atoms with Crippen molar-refractivity contribution in [3.8, 4) is 0 Å². The van der Waals surface area contributed by atoms with Gasteiger partial charge < -0.3 is 10.6 Å². The molecule has 1 aromatic rings. The van der Waals surface area contributed by atoms with E-state index in [2.05, 4.69) is 52.0 Å². The molecule has 2 unspecified atom stereocenters. The summed E-state index contributed by atoms with van der Waals surface area (Å²) in [6.07, 6.45) is 3.73. The predicted octanol–water partition coefficient (Wildman–Crippen LogP) is 3.32. The van der Waals surface area contributed by atoms with Crippen LogP contribution >= 0.6 is 15.9 Å². The van der Waals surface area contributed by atoms with Crippen LogP contribution in [0.15, 0.2) is 28.7 Å². The number of rotatable bonds is 4. The summed E-state index contributed by atoms with van der Waals surface area (Å²) in [5.41, 5.74) is 7.46. The Morgan fingerprint density at radius 1 is 1.41 bits per heavy atom. The zero-order chi connectivity index (χ0) is 12.3. The van der Waals surface area contributed by atoms with Gasteiger partial charge in [0.05, 0.1) is 0 Å². The second-order valence-corrected chi connectivity index (χ2v) is 5.89. The summed E-state index contributed by atoms with van der Waals surface area (Å²) in [6.45, 7) is 4.69. The number of benzene rings is 1. The van der Waals surface area contributed by atoms with Crippen LogP contribution in [0.2, 0.25) is 0 Å². The second kappa shape index (κ2) is 5.98. The Kier molecular flexibility index (Phi) is 4.60. The molecular weight excluding hydrogens is 276 g/mol. The van der Waals surface area contributed by atoms with Crippen LogP contribution in [-0.2, 0) is 0 Å². The Morgan fingerprint density at radius 3 is 2.71 bits per heavy atom. The van der Waals surface area contributed by atoms with E-state index in [9.17, 15) is 0 Å². The Labute approximate surface area is 112 Å². The summed E-state index contributed by atoms with van der Waals surface area (Å²) in [4.78, 5) is 2.55. The van der Waals surface area contributed by atoms with Crippen molar-refractivity contribution >= 4 is 15.9 Å². The third-order valence-electron chi connectivity index (χ3n) is 3.72. The zero-order valence-electron chi connectivity index (χ0n) is 10.4. The van der Waals surface area contributed by atoms with Crippen LogP contribution in [0.3, 0.4) is 0 Å². The van der Waals surface area contributed by atoms with Gasteiger partial charge in [-0.2, -0.15) is 0 Å². The quantitative estimate of drug-likeness (QED) is 0.923. The maximum atomic E-state index is 6.23. The molecule has 0 spiro atoms. The zero-order valence-corrected chi connectivity index (χ0v) is 12.0. The minimum absolute atomic E-state index is 0.163. The van der Waals surface area contributed by atoms with Gasteiger partial charge in [0.15, 0.2) is 0 Å². The highest BCUT2D eigenvalue weighted by Crippen LogP contribution is 2.21. The fourth-order valence-corrected chi connectivity index (χ4v) is 2.77. The molecule has 17 heavy (non-hydrogen) atoms. The maximum absolute atomic E-state index is 6.23. The van der Waals surface area contributed by atoms with Gasteiger partial charge in [0, 0.05) is 23.1 Å². The van der Waals surface area contributed by atoms with E-state index in [1.165, 1.54) is 24.9 Å². The summed E-state index contributed by atoms with van der Waals surface area (Å²) in [5, 5.41) is 0. The fourth-order valence-electron chi connectivity index (χ4n) is 2.51. The molecule has 0 aromatic heterocycles. The van der Waals surface area contributed by atoms with Crippen molar-refractivity contribution in [2.45, 2.75) is 38.3 Å². The fraction of sp³-hybridized carbons (Fsp3) is 0.571. The summed E-state index contributed by atoms with van der Waals surface area (Å²) in [7, 11) is 0. The molecule has 1 aromatic carbocycles. The smallest absolute Gasteiger partial charge is 0.0307 e. The van der Waals surface area contributed by atoms with Gasteiger partial charge in [0.25, 0.3) is 0 Å². The monoisotopic (exact) mass is 296 g/mol. The largest absolute Gasteiger partial charge is 0.324 e. The van der Waals surface area contributed by atoms with E-state index in [0.29, 0.717) is 0 Å². The van der Waals surface area contributed by atoms with Gasteiger partial charge in [0.1, 0.15) is 0 Å². The van der Waals surface area contributed by atoms with Gasteiger partial charge in [-0.1, -0.05) is 28.1 Å². The Balaban J connectivity index is 1.84. The summed E-state index contributed by atoms with van der Waals surface area (Å²) < 4.78 is 1.11. The molecule has 0 radical (unpaired) electrons. The lowest BCUT2D eigenvalue weighted by Gasteiger charge is -2.23. The van der Waals surface area contributed by atoms with Crippen molar-refractivity contribution in [2.75, 3.05) is 13.1 Å². The van der Waals surface area contributed by atoms with E-state index in [1.807, 2.05) is 0 Å². The minimum atomic E-state index is 0.163. The molecule has 1 aliphatic rings. The molecule has 2 atom stereocenters. The van der Waals surface area contributed by atoms with Crippen molar-refractivity contribution in [3.05, 3.63) is 34.3 Å². The third kappa shape index (κ3) is 3.54. The molecule has 0 bridgehead atoms. The first-order valence-electron chi connectivity index (χ1n) is 6.42. The molecule has 0 saturated carbocycles. The van der Waals surface area contributed by atoms with E-state index < -0.39 is 0 Å². The van der Waals surface area contributed by atoms with Crippen LogP contribution in [0.25, 0.3) is 0 Å². The van der Waals surface area contributed by atoms with Crippen LogP contribution in [0.4, 0.5) is 0 Å². The Bertz CT molecular complexity index is 350. The van der Waals surface area contributed by atoms with Gasteiger partial charge in [-0.25, -0.2) is 0 Å². The standard InChI is InChI=1S/C14H21BrN2/c1-11-3-2-9-17(11)10-8-14(16)12-4-6-13(15)7-5-12/h4-7,11,14H,2-3,8-10,16H2,1H3. The second-order valence-electron chi connectivity index (χ2n) is 4.97. The number of hydrogen-bond acceptors (Lipinski definition) is 2. The number of nitrogens with two attached hydrogens (primary N) is 1. The van der Waals surface area contributed by atoms with Crippen LogP contribution < -0.4 is 5.73 Å². The first-order chi connectivity index (χ1) is 8.16. The van der Waals surface area contributed by atoms with E-state index in [-0.39, 0.29) is 6.04 Å². The van der Waals surface area contributed by atoms with Gasteiger partial charge in [0.2, 0.25) is 0 Å². The highest BCUT2D eigenvalue weighted by atomic mass is 79.9. The molecule has 3 heteroatoms. The summed E-state index contributed by atoms with van der Waals surface area (Å²) in [6, 6.07) is 9.26. The van der Waals surface area contributed by atoms with Crippen LogP contribution in [0.1, 0.15) is 37.8 Å². The van der Waals surface area contributed by atoms with E-state index in [1.54, 1.807) is 0 Å². The van der Waals surface area contributed by atoms with Crippen molar-refractivity contribution in [1.82, 2.24) is 4.90 Å². The van der Waals surface area contributed by atoms with Crippen LogP contribution in [0, 0.1) is 0 Å². The van der Waals surface area contributed by atoms with E-state index in [4.69, 9.17) is 5.73 Å². The van der Waals surface area contributed by atoms with Gasteiger partial charge in [-0.05, 0) is 50.4 Å². The lowest BCUT2D eigenvalue weighted by molar-refractivity contribution is 0.258. The molecule has 94 valence electrons. The predicted molar refractivity (Wildman–Crippen MR) is 76.0 cm³/mol. The summed E-state index contributed by atoms with van der Waals surface area (Å²) in [5.74, 6) is 0. The van der Waals surface area contributed by atoms with Crippen molar-refractivity contribution in [3.63, 3.8) is 0 Å². The van der Waals surface area contributed by atoms with Crippen LogP contribution in [-0.4, -0.2) is 24.0 Å². The molecule has 1 saturated heterocycles. The van der Waals surface area contributed by atoms with Crippen molar-refractivity contribution in [2.24, 2.45) is 5.73 Å². The molecule has 2 N–H and O–H groups in total. The number of hydrogen-bond donors (Lipinski definition) is 1. The van der Waals surface area contributed by atoms with Gasteiger partial charge in [-0.3, -0.25) is 0 Å².